The van der Waals surface area contributed by atoms with Crippen molar-refractivity contribution in [2.75, 3.05) is 25.1 Å². The normalized spacial score (nSPS) is 11.5. The average molecular weight is 306 g/mol. The third kappa shape index (κ3) is 7.46. The number of hydrogen-bond donors (Lipinski definition) is 2. The molecule has 2 N–H and O–H groups in total. The van der Waals surface area contributed by atoms with Crippen LogP contribution in [0, 0.1) is 5.92 Å². The van der Waals surface area contributed by atoms with Crippen LogP contribution in [0.15, 0.2) is 24.3 Å². The number of anilines is 1. The van der Waals surface area contributed by atoms with E-state index in [0.717, 1.165) is 18.7 Å². The van der Waals surface area contributed by atoms with Gasteiger partial charge in [-0.2, -0.15) is 0 Å². The first-order valence-electron chi connectivity index (χ1n) is 8.02. The lowest BCUT2D eigenvalue weighted by Gasteiger charge is -2.19. The molecule has 0 heterocycles. The highest BCUT2D eigenvalue weighted by Crippen LogP contribution is 2.23. The van der Waals surface area contributed by atoms with E-state index < -0.39 is 0 Å². The second-order valence-corrected chi connectivity index (χ2v) is 7.03. The largest absolute Gasteiger partial charge is 0.381 e. The molecule has 0 saturated heterocycles. The zero-order valence-electron chi connectivity index (χ0n) is 14.5. The lowest BCUT2D eigenvalue weighted by Crippen LogP contribution is -2.30. The molecule has 0 radical (unpaired) electrons. The molecule has 0 fully saturated rings. The van der Waals surface area contributed by atoms with Crippen LogP contribution in [0.1, 0.15) is 46.6 Å². The summed E-state index contributed by atoms with van der Waals surface area (Å²) in [6.45, 7) is 12.8. The minimum absolute atomic E-state index is 0.122. The Labute approximate surface area is 134 Å². The monoisotopic (exact) mass is 306 g/mol. The molecule has 0 spiro atoms. The number of benzene rings is 1. The van der Waals surface area contributed by atoms with Crippen molar-refractivity contribution in [2.24, 2.45) is 5.92 Å². The molecule has 0 saturated carbocycles. The van der Waals surface area contributed by atoms with Gasteiger partial charge in [0.25, 0.3) is 0 Å². The van der Waals surface area contributed by atoms with Gasteiger partial charge in [0.15, 0.2) is 0 Å². The third-order valence-corrected chi connectivity index (χ3v) is 3.21. The molecule has 4 heteroatoms. The molecule has 0 aliphatic rings. The molecule has 0 aliphatic heterocycles. The van der Waals surface area contributed by atoms with E-state index in [1.165, 1.54) is 5.56 Å². The Bertz CT molecular complexity index is 447. The van der Waals surface area contributed by atoms with Crippen LogP contribution < -0.4 is 10.6 Å². The molecule has 22 heavy (non-hydrogen) atoms. The molecule has 4 nitrogen and oxygen atoms in total. The summed E-state index contributed by atoms with van der Waals surface area (Å²) in [5.41, 5.74) is 2.18. The first-order chi connectivity index (χ1) is 10.3. The van der Waals surface area contributed by atoms with Gasteiger partial charge in [-0.05, 0) is 35.4 Å². The molecule has 0 atom stereocenters. The quantitative estimate of drug-likeness (QED) is 0.743. The molecule has 0 unspecified atom stereocenters. The third-order valence-electron chi connectivity index (χ3n) is 3.21. The topological polar surface area (TPSA) is 50.4 Å². The number of rotatable bonds is 7. The van der Waals surface area contributed by atoms with E-state index >= 15 is 0 Å². The van der Waals surface area contributed by atoms with E-state index in [0.29, 0.717) is 19.1 Å². The number of nitrogens with one attached hydrogen (secondary N) is 2. The SMILES string of the molecule is CC(C)COCCCNC(=O)Nc1ccc(C(C)(C)C)cc1. The van der Waals surface area contributed by atoms with E-state index in [1.807, 2.05) is 12.1 Å². The van der Waals surface area contributed by atoms with Crippen molar-refractivity contribution in [3.8, 4) is 0 Å². The predicted octanol–water partition coefficient (Wildman–Crippen LogP) is 4.17. The predicted molar refractivity (Wildman–Crippen MR) is 92.4 cm³/mol. The van der Waals surface area contributed by atoms with Crippen molar-refractivity contribution >= 4 is 11.7 Å². The van der Waals surface area contributed by atoms with Crippen LogP contribution in [-0.2, 0) is 10.2 Å². The lowest BCUT2D eigenvalue weighted by atomic mass is 9.87. The second kappa shape index (κ2) is 8.79. The molecular weight excluding hydrogens is 276 g/mol. The summed E-state index contributed by atoms with van der Waals surface area (Å²) in [7, 11) is 0. The molecule has 0 bridgehead atoms. The van der Waals surface area contributed by atoms with Crippen molar-refractivity contribution in [3.63, 3.8) is 0 Å². The summed E-state index contributed by atoms with van der Waals surface area (Å²) in [5.74, 6) is 0.548. The van der Waals surface area contributed by atoms with Gasteiger partial charge in [0.2, 0.25) is 0 Å². The van der Waals surface area contributed by atoms with Gasteiger partial charge < -0.3 is 15.4 Å². The van der Waals surface area contributed by atoms with Gasteiger partial charge in [-0.25, -0.2) is 4.79 Å². The molecule has 1 aromatic rings. The van der Waals surface area contributed by atoms with Gasteiger partial charge in [0.1, 0.15) is 0 Å². The molecule has 124 valence electrons. The number of urea groups is 1. The minimum atomic E-state index is -0.174. The van der Waals surface area contributed by atoms with Crippen LogP contribution in [0.4, 0.5) is 10.5 Å². The Balaban J connectivity index is 2.25. The van der Waals surface area contributed by atoms with Crippen LogP contribution in [0.25, 0.3) is 0 Å². The van der Waals surface area contributed by atoms with Crippen LogP contribution >= 0.6 is 0 Å². The van der Waals surface area contributed by atoms with E-state index in [2.05, 4.69) is 57.4 Å². The van der Waals surface area contributed by atoms with Gasteiger partial charge in [-0.3, -0.25) is 0 Å². The minimum Gasteiger partial charge on any atom is -0.381 e. The lowest BCUT2D eigenvalue weighted by molar-refractivity contribution is 0.108. The van der Waals surface area contributed by atoms with Gasteiger partial charge in [-0.1, -0.05) is 46.8 Å². The number of amides is 2. The van der Waals surface area contributed by atoms with Crippen LogP contribution in [0.2, 0.25) is 0 Å². The first kappa shape index (κ1) is 18.5. The average Bonchev–Trinajstić information content (AvgIpc) is 2.42. The van der Waals surface area contributed by atoms with E-state index in [4.69, 9.17) is 4.74 Å². The molecule has 0 aromatic heterocycles. The van der Waals surface area contributed by atoms with Gasteiger partial charge in [-0.15, -0.1) is 0 Å². The number of ether oxygens (including phenoxy) is 1. The summed E-state index contributed by atoms with van der Waals surface area (Å²) in [5, 5.41) is 5.67. The van der Waals surface area contributed by atoms with E-state index in [9.17, 15) is 4.79 Å². The highest BCUT2D eigenvalue weighted by atomic mass is 16.5. The van der Waals surface area contributed by atoms with Gasteiger partial charge in [0.05, 0.1) is 0 Å². The van der Waals surface area contributed by atoms with Crippen molar-refractivity contribution in [1.82, 2.24) is 5.32 Å². The molecule has 0 aliphatic carbocycles. The number of carbonyl (C=O) groups excluding carboxylic acids is 1. The molecule has 2 amide bonds. The Morgan fingerprint density at radius 3 is 2.36 bits per heavy atom. The highest BCUT2D eigenvalue weighted by Gasteiger charge is 2.13. The maximum Gasteiger partial charge on any atom is 0.319 e. The Morgan fingerprint density at radius 2 is 1.82 bits per heavy atom. The molecule has 1 rings (SSSR count). The Kier molecular flexibility index (Phi) is 7.39. The summed E-state index contributed by atoms with van der Waals surface area (Å²) in [6.07, 6.45) is 0.823. The van der Waals surface area contributed by atoms with Crippen molar-refractivity contribution in [1.29, 1.82) is 0 Å². The van der Waals surface area contributed by atoms with Crippen LogP contribution in [0.5, 0.6) is 0 Å². The second-order valence-electron chi connectivity index (χ2n) is 7.03. The van der Waals surface area contributed by atoms with Crippen molar-refractivity contribution in [2.45, 2.75) is 46.5 Å². The fourth-order valence-electron chi connectivity index (χ4n) is 1.92. The smallest absolute Gasteiger partial charge is 0.319 e. The van der Waals surface area contributed by atoms with Crippen LogP contribution in [0.3, 0.4) is 0 Å². The van der Waals surface area contributed by atoms with Crippen LogP contribution in [-0.4, -0.2) is 25.8 Å². The Hall–Kier alpha value is -1.55. The number of carbonyl (C=O) groups is 1. The summed E-state index contributed by atoms with van der Waals surface area (Å²) in [4.78, 5) is 11.8. The fourth-order valence-corrected chi connectivity index (χ4v) is 1.92. The van der Waals surface area contributed by atoms with E-state index in [1.54, 1.807) is 0 Å². The summed E-state index contributed by atoms with van der Waals surface area (Å²) in [6, 6.07) is 7.80. The van der Waals surface area contributed by atoms with E-state index in [-0.39, 0.29) is 11.4 Å². The van der Waals surface area contributed by atoms with Gasteiger partial charge >= 0.3 is 6.03 Å². The molecular formula is C18H30N2O2. The highest BCUT2D eigenvalue weighted by molar-refractivity contribution is 5.89. The maximum absolute atomic E-state index is 11.8. The zero-order valence-corrected chi connectivity index (χ0v) is 14.5. The zero-order chi connectivity index (χ0) is 16.6. The number of hydrogen-bond acceptors (Lipinski definition) is 2. The first-order valence-corrected chi connectivity index (χ1v) is 8.02. The molecule has 1 aromatic carbocycles. The Morgan fingerprint density at radius 1 is 1.18 bits per heavy atom. The van der Waals surface area contributed by atoms with Gasteiger partial charge in [0, 0.05) is 25.4 Å². The van der Waals surface area contributed by atoms with Crippen molar-refractivity contribution < 1.29 is 9.53 Å². The standard InChI is InChI=1S/C18H30N2O2/c1-14(2)13-22-12-6-11-19-17(21)20-16-9-7-15(8-10-16)18(3,4)5/h7-10,14H,6,11-13H2,1-5H3,(H2,19,20,21). The maximum atomic E-state index is 11.8. The summed E-state index contributed by atoms with van der Waals surface area (Å²) >= 11 is 0. The van der Waals surface area contributed by atoms with Crippen molar-refractivity contribution in [3.05, 3.63) is 29.8 Å². The fraction of sp³-hybridized carbons (Fsp3) is 0.611. The summed E-state index contributed by atoms with van der Waals surface area (Å²) < 4.78 is 5.47.